The van der Waals surface area contributed by atoms with Crippen molar-refractivity contribution in [1.82, 2.24) is 4.98 Å². The number of carbonyl (C=O) groups excluding carboxylic acids is 1. The first kappa shape index (κ1) is 24.3. The summed E-state index contributed by atoms with van der Waals surface area (Å²) in [7, 11) is 0. The van der Waals surface area contributed by atoms with Crippen LogP contribution in [0.1, 0.15) is 5.56 Å². The Hall–Kier alpha value is -2.87. The van der Waals surface area contributed by atoms with Gasteiger partial charge in [0.15, 0.2) is 0 Å². The van der Waals surface area contributed by atoms with Crippen molar-refractivity contribution in [2.24, 2.45) is 0 Å². The molecule has 182 valence electrons. The predicted molar refractivity (Wildman–Crippen MR) is 103 cm³/mol. The molecule has 0 aliphatic carbocycles. The Bertz CT molecular complexity index is 1280. The predicted octanol–water partition coefficient (Wildman–Crippen LogP) is 6.40. The number of halogens is 9. The maximum Gasteiger partial charge on any atom is 0.428 e. The number of carbonyl (C=O) groups is 1. The number of aryl methyl sites for hydroxylation is 1. The van der Waals surface area contributed by atoms with Gasteiger partial charge in [-0.15, -0.1) is 11.3 Å². The smallest absolute Gasteiger partial charge is 0.321 e. The summed E-state index contributed by atoms with van der Waals surface area (Å²) >= 11 is 1.29. The number of amides is 1. The monoisotopic (exact) mass is 514 g/mol. The second-order valence-corrected chi connectivity index (χ2v) is 8.49. The summed E-state index contributed by atoms with van der Waals surface area (Å²) in [5, 5.41) is 1.85. The minimum Gasteiger partial charge on any atom is -0.321 e. The molecule has 0 saturated carbocycles. The fourth-order valence-electron chi connectivity index (χ4n) is 3.16. The Morgan fingerprint density at radius 3 is 2.15 bits per heavy atom. The molecule has 1 unspecified atom stereocenters. The molecule has 1 saturated heterocycles. The van der Waals surface area contributed by atoms with Crippen LogP contribution >= 0.6 is 11.3 Å². The van der Waals surface area contributed by atoms with Crippen molar-refractivity contribution < 1.29 is 49.0 Å². The Balaban J connectivity index is 1.57. The van der Waals surface area contributed by atoms with Gasteiger partial charge < -0.3 is 5.32 Å². The zero-order valence-corrected chi connectivity index (χ0v) is 17.4. The van der Waals surface area contributed by atoms with E-state index >= 15 is 0 Å². The van der Waals surface area contributed by atoms with Gasteiger partial charge in [0.25, 0.3) is 0 Å². The molecule has 34 heavy (non-hydrogen) atoms. The van der Waals surface area contributed by atoms with Crippen LogP contribution in [-0.4, -0.2) is 40.6 Å². The van der Waals surface area contributed by atoms with Gasteiger partial charge in [0.1, 0.15) is 5.01 Å². The second kappa shape index (κ2) is 7.31. The Labute approximate surface area is 188 Å². The number of fused-ring (bicyclic) bond motifs is 1. The molecule has 1 fully saturated rings. The van der Waals surface area contributed by atoms with Gasteiger partial charge in [-0.05, 0) is 48.9 Å². The number of nitrogens with one attached hydrogen (secondary N) is 1. The number of aromatic nitrogens is 1. The van der Waals surface area contributed by atoms with E-state index in [1.807, 2.05) is 19.1 Å². The molecule has 1 aliphatic heterocycles. The van der Waals surface area contributed by atoms with Crippen molar-refractivity contribution in [3.05, 3.63) is 48.0 Å². The van der Waals surface area contributed by atoms with Gasteiger partial charge in [-0.25, -0.2) is 4.98 Å². The molecule has 1 N–H and O–H groups in total. The first-order chi connectivity index (χ1) is 15.5. The molecule has 2 heterocycles. The number of alkyl halides is 9. The molecule has 1 aromatic heterocycles. The molecular weight excluding hydrogens is 503 g/mol. The van der Waals surface area contributed by atoms with Crippen LogP contribution in [0.4, 0.5) is 45.2 Å². The van der Waals surface area contributed by atoms with Gasteiger partial charge in [-0.2, -0.15) is 39.5 Å². The average molecular weight is 514 g/mol. The van der Waals surface area contributed by atoms with Crippen molar-refractivity contribution in [1.29, 1.82) is 0 Å². The van der Waals surface area contributed by atoms with Crippen molar-refractivity contribution >= 4 is 33.1 Å². The summed E-state index contributed by atoms with van der Waals surface area (Å²) in [6, 6.07) is 10.1. The molecule has 2 aromatic carbocycles. The Kier molecular flexibility index (Phi) is 5.22. The summed E-state index contributed by atoms with van der Waals surface area (Å²) in [6.45, 7) is 1.88. The fraction of sp³-hybridized carbons (Fsp3) is 0.300. The van der Waals surface area contributed by atoms with E-state index in [4.69, 9.17) is 0 Å². The fourth-order valence-corrected chi connectivity index (χ4v) is 4.23. The molecule has 1 amide bonds. The summed E-state index contributed by atoms with van der Waals surface area (Å²) in [4.78, 5) is 16.2. The van der Waals surface area contributed by atoms with E-state index in [-0.39, 0.29) is 0 Å². The van der Waals surface area contributed by atoms with Gasteiger partial charge in [-0.3, -0.25) is 9.53 Å². The minimum atomic E-state index is -6.74. The Morgan fingerprint density at radius 1 is 0.971 bits per heavy atom. The molecule has 0 spiro atoms. The lowest BCUT2D eigenvalue weighted by molar-refractivity contribution is -0.366. The summed E-state index contributed by atoms with van der Waals surface area (Å²) in [5.41, 5.74) is 1.64. The van der Waals surface area contributed by atoms with Crippen LogP contribution in [0, 0.1) is 6.92 Å². The molecule has 1 atom stereocenters. The van der Waals surface area contributed by atoms with E-state index in [9.17, 15) is 44.3 Å². The first-order valence-corrected chi connectivity index (χ1v) is 10.0. The highest BCUT2D eigenvalue weighted by Crippen LogP contribution is 2.64. The number of hydrogen-bond donors (Lipinski definition) is 1. The topological polar surface area (TPSA) is 51.2 Å². The lowest BCUT2D eigenvalue weighted by atomic mass is 9.99. The average Bonchev–Trinajstić information content (AvgIpc) is 3.19. The number of hydrogen-bond acceptors (Lipinski definition) is 4. The number of nitrogens with zero attached hydrogens (tertiary/aromatic N) is 1. The number of anilines is 1. The zero-order valence-electron chi connectivity index (χ0n) is 16.6. The maximum atomic E-state index is 14.3. The third-order valence-electron chi connectivity index (χ3n) is 5.06. The normalized spacial score (nSPS) is 23.2. The minimum absolute atomic E-state index is 0.468. The molecule has 4 nitrogen and oxygen atoms in total. The third kappa shape index (κ3) is 3.26. The number of ether oxygens (including phenoxy) is 1. The highest BCUT2D eigenvalue weighted by Gasteiger charge is 2.96. The van der Waals surface area contributed by atoms with Gasteiger partial charge in [0.05, 0.1) is 10.2 Å². The zero-order chi connectivity index (χ0) is 25.3. The van der Waals surface area contributed by atoms with Crippen molar-refractivity contribution in [2.75, 3.05) is 5.32 Å². The third-order valence-corrected chi connectivity index (χ3v) is 6.12. The van der Waals surface area contributed by atoms with E-state index in [2.05, 4.69) is 9.72 Å². The van der Waals surface area contributed by atoms with E-state index in [1.165, 1.54) is 28.8 Å². The molecule has 0 bridgehead atoms. The molecule has 14 heteroatoms. The van der Waals surface area contributed by atoms with Crippen molar-refractivity contribution in [2.45, 2.75) is 36.7 Å². The first-order valence-electron chi connectivity index (χ1n) is 9.23. The van der Waals surface area contributed by atoms with Gasteiger partial charge >= 0.3 is 35.6 Å². The van der Waals surface area contributed by atoms with E-state index in [0.29, 0.717) is 16.1 Å². The second-order valence-electron chi connectivity index (χ2n) is 7.46. The van der Waals surface area contributed by atoms with Gasteiger partial charge in [-0.1, -0.05) is 6.07 Å². The van der Waals surface area contributed by atoms with Crippen LogP contribution in [0.5, 0.6) is 0 Å². The highest BCUT2D eigenvalue weighted by atomic mass is 32.1. The van der Waals surface area contributed by atoms with Crippen LogP contribution in [0.15, 0.2) is 42.5 Å². The van der Waals surface area contributed by atoms with Gasteiger partial charge in [0, 0.05) is 11.3 Å². The van der Waals surface area contributed by atoms with Crippen LogP contribution in [0.2, 0.25) is 0 Å². The van der Waals surface area contributed by atoms with Crippen molar-refractivity contribution in [3.8, 4) is 10.6 Å². The summed E-state index contributed by atoms with van der Waals surface area (Å²) in [6.07, 6.45) is -6.30. The molecule has 4 rings (SSSR count). The van der Waals surface area contributed by atoms with E-state index in [0.717, 1.165) is 22.4 Å². The van der Waals surface area contributed by atoms with Crippen molar-refractivity contribution in [3.63, 3.8) is 0 Å². The quantitative estimate of drug-likeness (QED) is 0.410. The largest absolute Gasteiger partial charge is 0.428 e. The lowest BCUT2D eigenvalue weighted by Gasteiger charge is -2.31. The molecule has 1 aliphatic rings. The molecule has 0 radical (unpaired) electrons. The highest BCUT2D eigenvalue weighted by molar-refractivity contribution is 7.21. The maximum absolute atomic E-state index is 14.3. The molecule has 3 aromatic rings. The number of thiazole rings is 1. The standard InChI is InChI=1S/C20H11F9N2O2S/c1-9-2-7-12-13(8-9)34-14(31-12)10-3-5-11(6-4-10)30-15(32)16(21,22)19(27)17(23,24)18(25,26)20(28,29)33-19/h2-8H,1H3,(H,30,32). The Morgan fingerprint density at radius 2 is 1.59 bits per heavy atom. The lowest BCUT2D eigenvalue weighted by Crippen LogP contribution is -2.63. The van der Waals surface area contributed by atoms with Crippen LogP contribution in [0.3, 0.4) is 0 Å². The summed E-state index contributed by atoms with van der Waals surface area (Å²) < 4.78 is 126. The van der Waals surface area contributed by atoms with Crippen LogP contribution in [0.25, 0.3) is 20.8 Å². The molecular formula is C20H11F9N2O2S. The van der Waals surface area contributed by atoms with E-state index < -0.39 is 41.3 Å². The van der Waals surface area contributed by atoms with Gasteiger partial charge in [0.2, 0.25) is 0 Å². The van der Waals surface area contributed by atoms with E-state index in [1.54, 1.807) is 6.07 Å². The van der Waals surface area contributed by atoms with Crippen LogP contribution < -0.4 is 5.32 Å². The van der Waals surface area contributed by atoms with Crippen LogP contribution in [-0.2, 0) is 9.53 Å². The number of rotatable bonds is 4. The summed E-state index contributed by atoms with van der Waals surface area (Å²) in [5.74, 6) is -28.7. The number of benzene rings is 2. The SMILES string of the molecule is Cc1ccc2nc(-c3ccc(NC(=O)C(F)(F)C4(F)OC(F)(F)C(F)(F)C4(F)F)cc3)sc2c1.